The Morgan fingerprint density at radius 2 is 1.70 bits per heavy atom. The molecule has 0 radical (unpaired) electrons. The van der Waals surface area contributed by atoms with E-state index in [2.05, 4.69) is 15.3 Å². The van der Waals surface area contributed by atoms with Crippen LogP contribution in [0.5, 0.6) is 5.75 Å². The zero-order chi connectivity index (χ0) is 16.2. The number of nitrogens with zero attached hydrogens (tertiary/aromatic N) is 2. The maximum Gasteiger partial charge on any atom is 0.255 e. The van der Waals surface area contributed by atoms with Gasteiger partial charge in [-0.3, -0.25) is 14.8 Å². The van der Waals surface area contributed by atoms with E-state index in [4.69, 9.17) is 4.74 Å². The lowest BCUT2D eigenvalue weighted by molar-refractivity contribution is 0.102. The van der Waals surface area contributed by atoms with E-state index in [1.807, 2.05) is 38.1 Å². The van der Waals surface area contributed by atoms with Crippen LogP contribution in [0.25, 0.3) is 11.0 Å². The molecule has 5 nitrogen and oxygen atoms in total. The van der Waals surface area contributed by atoms with E-state index in [9.17, 15) is 4.79 Å². The molecule has 1 amide bonds. The average Bonchev–Trinajstić information content (AvgIpc) is 2.55. The summed E-state index contributed by atoms with van der Waals surface area (Å²) >= 11 is 0. The number of carbonyl (C=O) groups is 1. The first-order valence-corrected chi connectivity index (χ1v) is 7.40. The fourth-order valence-electron chi connectivity index (χ4n) is 2.20. The van der Waals surface area contributed by atoms with Gasteiger partial charge >= 0.3 is 0 Å². The number of ether oxygens (including phenoxy) is 1. The Balaban J connectivity index is 1.74. The van der Waals surface area contributed by atoms with Gasteiger partial charge in [-0.25, -0.2) is 0 Å². The van der Waals surface area contributed by atoms with Crippen LogP contribution >= 0.6 is 0 Å². The number of carbonyl (C=O) groups excluding carboxylic acids is 1. The van der Waals surface area contributed by atoms with Crippen molar-refractivity contribution in [1.82, 2.24) is 9.97 Å². The predicted molar refractivity (Wildman–Crippen MR) is 89.7 cm³/mol. The van der Waals surface area contributed by atoms with Crippen molar-refractivity contribution in [3.8, 4) is 5.75 Å². The molecular weight excluding hydrogens is 290 g/mol. The van der Waals surface area contributed by atoms with Crippen molar-refractivity contribution in [2.24, 2.45) is 0 Å². The molecule has 0 aliphatic rings. The lowest BCUT2D eigenvalue weighted by atomic mass is 10.1. The van der Waals surface area contributed by atoms with E-state index in [-0.39, 0.29) is 12.0 Å². The van der Waals surface area contributed by atoms with Crippen molar-refractivity contribution >= 4 is 22.6 Å². The van der Waals surface area contributed by atoms with Crippen LogP contribution in [0, 0.1) is 0 Å². The molecule has 3 rings (SSSR count). The quantitative estimate of drug-likeness (QED) is 0.798. The second-order valence-corrected chi connectivity index (χ2v) is 5.40. The van der Waals surface area contributed by atoms with E-state index >= 15 is 0 Å². The van der Waals surface area contributed by atoms with Crippen LogP contribution in [0.15, 0.2) is 54.9 Å². The van der Waals surface area contributed by atoms with Gasteiger partial charge in [-0.2, -0.15) is 0 Å². The SMILES string of the molecule is CC(C)Oc1ccc(NC(=O)c2ccc3nccnc3c2)cc1. The molecule has 0 unspecified atom stereocenters. The summed E-state index contributed by atoms with van der Waals surface area (Å²) in [6.07, 6.45) is 3.36. The second-order valence-electron chi connectivity index (χ2n) is 5.40. The fourth-order valence-corrected chi connectivity index (χ4v) is 2.20. The predicted octanol–water partition coefficient (Wildman–Crippen LogP) is 3.67. The first kappa shape index (κ1) is 15.0. The summed E-state index contributed by atoms with van der Waals surface area (Å²) in [4.78, 5) is 20.7. The van der Waals surface area contributed by atoms with Gasteiger partial charge in [-0.15, -0.1) is 0 Å². The third-order valence-electron chi connectivity index (χ3n) is 3.22. The summed E-state index contributed by atoms with van der Waals surface area (Å²) in [6.45, 7) is 3.94. The Morgan fingerprint density at radius 1 is 1.00 bits per heavy atom. The largest absolute Gasteiger partial charge is 0.491 e. The van der Waals surface area contributed by atoms with Crippen LogP contribution in [0.4, 0.5) is 5.69 Å². The van der Waals surface area contributed by atoms with Crippen LogP contribution < -0.4 is 10.1 Å². The Hall–Kier alpha value is -2.95. The van der Waals surface area contributed by atoms with Crippen molar-refractivity contribution in [3.05, 3.63) is 60.4 Å². The summed E-state index contributed by atoms with van der Waals surface area (Å²) in [5, 5.41) is 2.86. The highest BCUT2D eigenvalue weighted by Gasteiger charge is 2.08. The van der Waals surface area contributed by atoms with Crippen LogP contribution in [0.2, 0.25) is 0 Å². The zero-order valence-corrected chi connectivity index (χ0v) is 13.0. The normalized spacial score (nSPS) is 10.7. The molecular formula is C18H17N3O2. The first-order valence-electron chi connectivity index (χ1n) is 7.40. The molecule has 0 spiro atoms. The molecule has 0 aliphatic carbocycles. The van der Waals surface area contributed by atoms with E-state index < -0.39 is 0 Å². The smallest absolute Gasteiger partial charge is 0.255 e. The molecule has 1 N–H and O–H groups in total. The van der Waals surface area contributed by atoms with E-state index in [1.54, 1.807) is 30.6 Å². The Kier molecular flexibility index (Phi) is 4.19. The van der Waals surface area contributed by atoms with Gasteiger partial charge in [0.2, 0.25) is 0 Å². The highest BCUT2D eigenvalue weighted by Crippen LogP contribution is 2.18. The number of rotatable bonds is 4. The molecule has 3 aromatic rings. The summed E-state index contributed by atoms with van der Waals surface area (Å²) in [6, 6.07) is 12.6. The minimum atomic E-state index is -0.185. The van der Waals surface area contributed by atoms with Gasteiger partial charge in [0.15, 0.2) is 0 Å². The average molecular weight is 307 g/mol. The number of benzene rings is 2. The maximum atomic E-state index is 12.3. The molecule has 0 saturated heterocycles. The summed E-state index contributed by atoms with van der Waals surface area (Å²) < 4.78 is 5.58. The number of nitrogens with one attached hydrogen (secondary N) is 1. The number of amides is 1. The van der Waals surface area contributed by atoms with E-state index in [1.165, 1.54) is 0 Å². The van der Waals surface area contributed by atoms with Crippen molar-refractivity contribution in [2.45, 2.75) is 20.0 Å². The Labute approximate surface area is 134 Å². The minimum absolute atomic E-state index is 0.120. The second kappa shape index (κ2) is 6.44. The van der Waals surface area contributed by atoms with Gasteiger partial charge in [-0.1, -0.05) is 0 Å². The molecule has 0 atom stereocenters. The van der Waals surface area contributed by atoms with Crippen molar-refractivity contribution in [2.75, 3.05) is 5.32 Å². The zero-order valence-electron chi connectivity index (χ0n) is 13.0. The molecule has 0 bridgehead atoms. The van der Waals surface area contributed by atoms with Crippen molar-refractivity contribution in [3.63, 3.8) is 0 Å². The van der Waals surface area contributed by atoms with Crippen LogP contribution in [0.1, 0.15) is 24.2 Å². The monoisotopic (exact) mass is 307 g/mol. The van der Waals surface area contributed by atoms with Crippen LogP contribution in [-0.4, -0.2) is 22.0 Å². The highest BCUT2D eigenvalue weighted by molar-refractivity contribution is 6.05. The van der Waals surface area contributed by atoms with E-state index in [0.29, 0.717) is 16.8 Å². The number of anilines is 1. The molecule has 0 saturated carbocycles. The third-order valence-corrected chi connectivity index (χ3v) is 3.22. The van der Waals surface area contributed by atoms with Gasteiger partial charge < -0.3 is 10.1 Å². The maximum absolute atomic E-state index is 12.3. The van der Waals surface area contributed by atoms with Crippen molar-refractivity contribution < 1.29 is 9.53 Å². The molecule has 1 heterocycles. The number of aromatic nitrogens is 2. The number of hydrogen-bond acceptors (Lipinski definition) is 4. The van der Waals surface area contributed by atoms with Gasteiger partial charge in [0.05, 0.1) is 17.1 Å². The molecule has 116 valence electrons. The summed E-state index contributed by atoms with van der Waals surface area (Å²) in [7, 11) is 0. The van der Waals surface area contributed by atoms with Gasteiger partial charge in [0.25, 0.3) is 5.91 Å². The summed E-state index contributed by atoms with van der Waals surface area (Å²) in [5.41, 5.74) is 2.71. The molecule has 0 aliphatic heterocycles. The van der Waals surface area contributed by atoms with Gasteiger partial charge in [0.1, 0.15) is 5.75 Å². The minimum Gasteiger partial charge on any atom is -0.491 e. The third kappa shape index (κ3) is 3.63. The topological polar surface area (TPSA) is 64.1 Å². The van der Waals surface area contributed by atoms with Gasteiger partial charge in [0, 0.05) is 23.6 Å². The van der Waals surface area contributed by atoms with Crippen molar-refractivity contribution in [1.29, 1.82) is 0 Å². The summed E-state index contributed by atoms with van der Waals surface area (Å²) in [5.74, 6) is 0.592. The Bertz CT molecular complexity index is 829. The molecule has 0 fully saturated rings. The molecule has 23 heavy (non-hydrogen) atoms. The van der Waals surface area contributed by atoms with Crippen LogP contribution in [0.3, 0.4) is 0 Å². The standard InChI is InChI=1S/C18H17N3O2/c1-12(2)23-15-6-4-14(5-7-15)21-18(22)13-3-8-16-17(11-13)20-10-9-19-16/h3-12H,1-2H3,(H,21,22). The molecule has 5 heteroatoms. The molecule has 2 aromatic carbocycles. The van der Waals surface area contributed by atoms with Crippen LogP contribution in [-0.2, 0) is 0 Å². The lowest BCUT2D eigenvalue weighted by Gasteiger charge is -2.10. The lowest BCUT2D eigenvalue weighted by Crippen LogP contribution is -2.12. The number of fused-ring (bicyclic) bond motifs is 1. The van der Waals surface area contributed by atoms with Gasteiger partial charge in [-0.05, 0) is 56.3 Å². The Morgan fingerprint density at radius 3 is 2.39 bits per heavy atom. The highest BCUT2D eigenvalue weighted by atomic mass is 16.5. The number of hydrogen-bond donors (Lipinski definition) is 1. The van der Waals surface area contributed by atoms with E-state index in [0.717, 1.165) is 11.3 Å². The molecule has 1 aromatic heterocycles. The first-order chi connectivity index (χ1) is 11.1. The fraction of sp³-hybridized carbons (Fsp3) is 0.167.